The van der Waals surface area contributed by atoms with Crippen LogP contribution in [-0.2, 0) is 18.4 Å². The van der Waals surface area contributed by atoms with Gasteiger partial charge in [0.15, 0.2) is 0 Å². The lowest BCUT2D eigenvalue weighted by Crippen LogP contribution is -2.38. The van der Waals surface area contributed by atoms with Gasteiger partial charge in [-0.05, 0) is 30.7 Å². The van der Waals surface area contributed by atoms with Gasteiger partial charge in [-0.1, -0.05) is 12.1 Å². The van der Waals surface area contributed by atoms with Crippen molar-refractivity contribution in [2.45, 2.75) is 13.5 Å². The van der Waals surface area contributed by atoms with Crippen molar-refractivity contribution >= 4 is 11.8 Å². The molecule has 0 aliphatic heterocycles. The largest absolute Gasteiger partial charge is 0.342 e. The molecule has 2 rings (SSSR count). The van der Waals surface area contributed by atoms with Crippen molar-refractivity contribution < 1.29 is 14.0 Å². The molecule has 2 aromatic rings. The minimum absolute atomic E-state index is 0.139. The average Bonchev–Trinajstić information content (AvgIpc) is 2.84. The summed E-state index contributed by atoms with van der Waals surface area (Å²) < 4.78 is 14.7. The number of nitrogens with one attached hydrogen (secondary N) is 1. The van der Waals surface area contributed by atoms with Crippen molar-refractivity contribution in [2.24, 2.45) is 7.05 Å². The Balaban J connectivity index is 1.87. The highest BCUT2D eigenvalue weighted by atomic mass is 19.1. The van der Waals surface area contributed by atoms with E-state index in [0.29, 0.717) is 5.56 Å². The van der Waals surface area contributed by atoms with Crippen molar-refractivity contribution in [3.8, 4) is 0 Å². The van der Waals surface area contributed by atoms with E-state index >= 15 is 0 Å². The third-order valence-corrected chi connectivity index (χ3v) is 3.48. The molecule has 7 heteroatoms. The predicted octanol–water partition coefficient (Wildman–Crippen LogP) is 1.26. The summed E-state index contributed by atoms with van der Waals surface area (Å²) in [6.45, 7) is 1.97. The lowest BCUT2D eigenvalue weighted by molar-refractivity contribution is -0.129. The molecule has 0 unspecified atom stereocenters. The van der Waals surface area contributed by atoms with Gasteiger partial charge in [0.2, 0.25) is 5.91 Å². The first-order valence-electron chi connectivity index (χ1n) is 7.14. The zero-order valence-electron chi connectivity index (χ0n) is 13.3. The van der Waals surface area contributed by atoms with Crippen molar-refractivity contribution in [2.75, 3.05) is 13.6 Å². The Bertz CT molecular complexity index is 707. The van der Waals surface area contributed by atoms with E-state index in [9.17, 15) is 14.0 Å². The maximum absolute atomic E-state index is 13.1. The van der Waals surface area contributed by atoms with Gasteiger partial charge < -0.3 is 10.2 Å². The molecular weight excluding hydrogens is 299 g/mol. The molecule has 1 aromatic carbocycles. The molecular formula is C16H19FN4O2. The summed E-state index contributed by atoms with van der Waals surface area (Å²) in [6.07, 6.45) is 0. The summed E-state index contributed by atoms with van der Waals surface area (Å²) in [6, 6.07) is 7.70. The molecule has 2 amide bonds. The van der Waals surface area contributed by atoms with E-state index in [-0.39, 0.29) is 30.5 Å². The fourth-order valence-corrected chi connectivity index (χ4v) is 2.05. The SMILES string of the molecule is Cc1cc(C(=O)NCC(=O)N(C)Cc2cccc(F)c2)nn1C. The highest BCUT2D eigenvalue weighted by Crippen LogP contribution is 2.06. The summed E-state index contributed by atoms with van der Waals surface area (Å²) in [4.78, 5) is 25.4. The average molecular weight is 318 g/mol. The number of nitrogens with zero attached hydrogens (tertiary/aromatic N) is 3. The van der Waals surface area contributed by atoms with E-state index in [0.717, 1.165) is 5.69 Å². The second-order valence-electron chi connectivity index (χ2n) is 5.36. The third-order valence-electron chi connectivity index (χ3n) is 3.48. The number of amides is 2. The van der Waals surface area contributed by atoms with Gasteiger partial charge in [-0.2, -0.15) is 5.10 Å². The summed E-state index contributed by atoms with van der Waals surface area (Å²) in [5, 5.41) is 6.59. The second kappa shape index (κ2) is 7.04. The summed E-state index contributed by atoms with van der Waals surface area (Å²) in [5.41, 5.74) is 1.81. The van der Waals surface area contributed by atoms with E-state index in [1.165, 1.54) is 17.0 Å². The molecule has 23 heavy (non-hydrogen) atoms. The van der Waals surface area contributed by atoms with Crippen LogP contribution in [0.1, 0.15) is 21.7 Å². The van der Waals surface area contributed by atoms with Gasteiger partial charge in [0.1, 0.15) is 11.5 Å². The zero-order chi connectivity index (χ0) is 17.0. The van der Waals surface area contributed by atoms with E-state index in [1.807, 2.05) is 6.92 Å². The molecule has 0 bridgehead atoms. The second-order valence-corrected chi connectivity index (χ2v) is 5.36. The molecule has 1 N–H and O–H groups in total. The Morgan fingerprint density at radius 3 is 2.70 bits per heavy atom. The molecule has 0 saturated carbocycles. The van der Waals surface area contributed by atoms with Gasteiger partial charge in [0.05, 0.1) is 6.54 Å². The molecule has 0 spiro atoms. The fraction of sp³-hybridized carbons (Fsp3) is 0.312. The molecule has 0 fully saturated rings. The Morgan fingerprint density at radius 1 is 1.35 bits per heavy atom. The lowest BCUT2D eigenvalue weighted by Gasteiger charge is -2.17. The minimum Gasteiger partial charge on any atom is -0.342 e. The fourth-order valence-electron chi connectivity index (χ4n) is 2.05. The van der Waals surface area contributed by atoms with Crippen LogP contribution in [-0.4, -0.2) is 40.1 Å². The van der Waals surface area contributed by atoms with Crippen LogP contribution < -0.4 is 5.32 Å². The Labute approximate surface area is 133 Å². The highest BCUT2D eigenvalue weighted by Gasteiger charge is 2.14. The van der Waals surface area contributed by atoms with Gasteiger partial charge in [-0.3, -0.25) is 14.3 Å². The molecule has 0 saturated heterocycles. The number of aryl methyl sites for hydroxylation is 2. The minimum atomic E-state index is -0.402. The molecule has 6 nitrogen and oxygen atoms in total. The lowest BCUT2D eigenvalue weighted by atomic mass is 10.2. The maximum atomic E-state index is 13.1. The van der Waals surface area contributed by atoms with Crippen molar-refractivity contribution in [3.05, 3.63) is 53.1 Å². The standard InChI is InChI=1S/C16H19FN4O2/c1-11-7-14(19-21(11)3)16(23)18-9-15(22)20(2)10-12-5-4-6-13(17)8-12/h4-8H,9-10H2,1-3H3,(H,18,23). The smallest absolute Gasteiger partial charge is 0.272 e. The number of halogens is 1. The summed E-state index contributed by atoms with van der Waals surface area (Å²) in [5.74, 6) is -1.02. The molecule has 0 aliphatic rings. The summed E-state index contributed by atoms with van der Waals surface area (Å²) >= 11 is 0. The topological polar surface area (TPSA) is 67.2 Å². The molecule has 0 aliphatic carbocycles. The van der Waals surface area contributed by atoms with Gasteiger partial charge in [-0.25, -0.2) is 4.39 Å². The predicted molar refractivity (Wildman–Crippen MR) is 83.2 cm³/mol. The number of benzene rings is 1. The Kier molecular flexibility index (Phi) is 5.10. The first-order valence-corrected chi connectivity index (χ1v) is 7.14. The van der Waals surface area contributed by atoms with Crippen LogP contribution in [0.3, 0.4) is 0 Å². The van der Waals surface area contributed by atoms with Crippen LogP contribution >= 0.6 is 0 Å². The quantitative estimate of drug-likeness (QED) is 0.902. The number of likely N-dealkylation sites (N-methyl/N-ethyl adjacent to an activating group) is 1. The first-order chi connectivity index (χ1) is 10.9. The molecule has 122 valence electrons. The monoisotopic (exact) mass is 318 g/mol. The van der Waals surface area contributed by atoms with Crippen LogP contribution in [0.15, 0.2) is 30.3 Å². The number of carbonyl (C=O) groups excluding carboxylic acids is 2. The van der Waals surface area contributed by atoms with Crippen molar-refractivity contribution in [1.29, 1.82) is 0 Å². The van der Waals surface area contributed by atoms with Crippen LogP contribution in [0.4, 0.5) is 4.39 Å². The van der Waals surface area contributed by atoms with Crippen LogP contribution in [0, 0.1) is 12.7 Å². The Hall–Kier alpha value is -2.70. The van der Waals surface area contributed by atoms with E-state index in [1.54, 1.807) is 37.0 Å². The molecule has 0 radical (unpaired) electrons. The Morgan fingerprint density at radius 2 is 2.09 bits per heavy atom. The normalized spacial score (nSPS) is 10.4. The first kappa shape index (κ1) is 16.7. The highest BCUT2D eigenvalue weighted by molar-refractivity contribution is 5.94. The third kappa shape index (κ3) is 4.38. The summed E-state index contributed by atoms with van der Waals surface area (Å²) in [7, 11) is 3.34. The molecule has 1 aromatic heterocycles. The van der Waals surface area contributed by atoms with Crippen LogP contribution in [0.25, 0.3) is 0 Å². The molecule has 1 heterocycles. The number of hydrogen-bond acceptors (Lipinski definition) is 3. The zero-order valence-corrected chi connectivity index (χ0v) is 13.3. The van der Waals surface area contributed by atoms with E-state index in [2.05, 4.69) is 10.4 Å². The van der Waals surface area contributed by atoms with Crippen LogP contribution in [0.2, 0.25) is 0 Å². The number of carbonyl (C=O) groups is 2. The van der Waals surface area contributed by atoms with Crippen molar-refractivity contribution in [3.63, 3.8) is 0 Å². The van der Waals surface area contributed by atoms with E-state index < -0.39 is 5.91 Å². The van der Waals surface area contributed by atoms with Crippen LogP contribution in [0.5, 0.6) is 0 Å². The maximum Gasteiger partial charge on any atom is 0.272 e. The van der Waals surface area contributed by atoms with Gasteiger partial charge in [-0.15, -0.1) is 0 Å². The number of hydrogen-bond donors (Lipinski definition) is 1. The van der Waals surface area contributed by atoms with E-state index in [4.69, 9.17) is 0 Å². The molecule has 0 atom stereocenters. The van der Waals surface area contributed by atoms with Gasteiger partial charge in [0.25, 0.3) is 5.91 Å². The number of rotatable bonds is 5. The number of aromatic nitrogens is 2. The van der Waals surface area contributed by atoms with Crippen molar-refractivity contribution in [1.82, 2.24) is 20.0 Å². The van der Waals surface area contributed by atoms with Gasteiger partial charge in [0, 0.05) is 26.3 Å². The van der Waals surface area contributed by atoms with Gasteiger partial charge >= 0.3 is 0 Å².